The van der Waals surface area contributed by atoms with Crippen LogP contribution in [0.15, 0.2) is 212 Å². The molecule has 10 heteroatoms. The molecule has 11 rings (SSSR count). The van der Waals surface area contributed by atoms with E-state index in [0.717, 1.165) is 28.2 Å². The number of benzene rings is 9. The van der Waals surface area contributed by atoms with Crippen molar-refractivity contribution in [2.45, 2.75) is 57.8 Å². The van der Waals surface area contributed by atoms with Gasteiger partial charge in [-0.2, -0.15) is 0 Å². The van der Waals surface area contributed by atoms with Gasteiger partial charge in [0.2, 0.25) is 0 Å². The third-order valence-electron chi connectivity index (χ3n) is 15.0. The Morgan fingerprint density at radius 3 is 1.09 bits per heavy atom. The van der Waals surface area contributed by atoms with Gasteiger partial charge in [0.15, 0.2) is 0 Å². The molecule has 10 nitrogen and oxygen atoms in total. The third-order valence-corrected chi connectivity index (χ3v) is 15.0. The molecule has 380 valence electrons. The van der Waals surface area contributed by atoms with Crippen molar-refractivity contribution >= 4 is 29.3 Å². The summed E-state index contributed by atoms with van der Waals surface area (Å²) in [5.74, 6) is 3.15. The van der Waals surface area contributed by atoms with Gasteiger partial charge >= 0.3 is 0 Å². The standard InChI is InChI=1S/C67H54N2O8/c1-65(2,42-15-29-52(30-16-42)76-55-35-37-57-59(40-55)62(71)68-61(57)70)43-17-31-53(32-18-43)77-56-36-38-58-60(41-56)64(73)69(63(58)72)48-23-33-54(34-24-48)75-51-27-21-45(22-28-51)67(5,6)47-12-10-11-46(39-47)66(3,4)44-19-25-50(26-20-44)74-49-13-8-7-9-14-49/h7-41H,1-6H3,(H,68,70,71). The number of carbonyl (C=O) groups is 4. The first-order valence-corrected chi connectivity index (χ1v) is 25.4. The minimum atomic E-state index is -0.440. The Bertz CT molecular complexity index is 3730. The molecule has 0 unspecified atom stereocenters. The number of rotatable bonds is 15. The molecule has 0 spiro atoms. The van der Waals surface area contributed by atoms with E-state index in [1.165, 1.54) is 21.6 Å². The molecule has 2 heterocycles. The van der Waals surface area contributed by atoms with Crippen molar-refractivity contribution in [3.8, 4) is 46.0 Å². The largest absolute Gasteiger partial charge is 0.457 e. The molecule has 0 fully saturated rings. The molecule has 0 aliphatic carbocycles. The summed E-state index contributed by atoms with van der Waals surface area (Å²) in [5, 5.41) is 2.30. The fourth-order valence-electron chi connectivity index (χ4n) is 9.98. The number of imide groups is 2. The van der Waals surface area contributed by atoms with Gasteiger partial charge in [0, 0.05) is 16.2 Å². The molecule has 9 aromatic carbocycles. The Morgan fingerprint density at radius 1 is 0.299 bits per heavy atom. The Hall–Kier alpha value is -9.54. The number of ether oxygens (including phenoxy) is 4. The maximum absolute atomic E-state index is 13.8. The highest BCUT2D eigenvalue weighted by molar-refractivity contribution is 6.34. The molecule has 2 aliphatic heterocycles. The number of nitrogens with one attached hydrogen (secondary N) is 1. The monoisotopic (exact) mass is 1010 g/mol. The number of hydrogen-bond donors (Lipinski definition) is 1. The third kappa shape index (κ3) is 9.73. The lowest BCUT2D eigenvalue weighted by molar-refractivity contribution is 0.0874. The molecule has 0 saturated carbocycles. The molecule has 0 bridgehead atoms. The number of nitrogens with zero attached hydrogens (tertiary/aromatic N) is 1. The van der Waals surface area contributed by atoms with E-state index in [-0.39, 0.29) is 21.8 Å². The summed E-state index contributed by atoms with van der Waals surface area (Å²) in [7, 11) is 0. The van der Waals surface area contributed by atoms with E-state index in [2.05, 4.69) is 95.4 Å². The van der Waals surface area contributed by atoms with Crippen LogP contribution in [-0.4, -0.2) is 23.6 Å². The first-order chi connectivity index (χ1) is 37.0. The molecule has 0 saturated heterocycles. The molecule has 2 aliphatic rings. The molecule has 0 aromatic heterocycles. The van der Waals surface area contributed by atoms with Crippen LogP contribution in [0.25, 0.3) is 0 Å². The van der Waals surface area contributed by atoms with Crippen LogP contribution < -0.4 is 29.2 Å². The first-order valence-electron chi connectivity index (χ1n) is 25.4. The summed E-state index contributed by atoms with van der Waals surface area (Å²) in [4.78, 5) is 52.7. The quantitative estimate of drug-likeness (QED) is 0.101. The van der Waals surface area contributed by atoms with E-state index < -0.39 is 23.6 Å². The number of amides is 4. The second-order valence-electron chi connectivity index (χ2n) is 20.9. The van der Waals surface area contributed by atoms with E-state index in [4.69, 9.17) is 18.9 Å². The average molecular weight is 1020 g/mol. The minimum absolute atomic E-state index is 0.255. The molecular formula is C67H54N2O8. The average Bonchev–Trinajstić information content (AvgIpc) is 4.00. The minimum Gasteiger partial charge on any atom is -0.457 e. The number of fused-ring (bicyclic) bond motifs is 2. The Morgan fingerprint density at radius 2 is 0.636 bits per heavy atom. The van der Waals surface area contributed by atoms with Gasteiger partial charge in [-0.05, 0) is 155 Å². The number of carbonyl (C=O) groups excluding carboxylic acids is 4. The number of para-hydroxylation sites is 1. The summed E-state index contributed by atoms with van der Waals surface area (Å²) < 4.78 is 24.5. The Balaban J connectivity index is 0.701. The summed E-state index contributed by atoms with van der Waals surface area (Å²) in [5.41, 5.74) is 7.48. The zero-order valence-electron chi connectivity index (χ0n) is 43.4. The fourth-order valence-corrected chi connectivity index (χ4v) is 9.98. The van der Waals surface area contributed by atoms with Gasteiger partial charge in [-0.3, -0.25) is 24.5 Å². The van der Waals surface area contributed by atoms with Crippen LogP contribution in [0.3, 0.4) is 0 Å². The predicted molar refractivity (Wildman–Crippen MR) is 298 cm³/mol. The normalized spacial score (nSPS) is 13.2. The highest BCUT2D eigenvalue weighted by atomic mass is 16.5. The van der Waals surface area contributed by atoms with Crippen molar-refractivity contribution in [2.24, 2.45) is 0 Å². The van der Waals surface area contributed by atoms with Crippen molar-refractivity contribution in [3.63, 3.8) is 0 Å². The highest BCUT2D eigenvalue weighted by Crippen LogP contribution is 2.41. The van der Waals surface area contributed by atoms with Crippen LogP contribution in [-0.2, 0) is 16.2 Å². The summed E-state index contributed by atoms with van der Waals surface area (Å²) in [6, 6.07) is 67.2. The first kappa shape index (κ1) is 49.7. The topological polar surface area (TPSA) is 120 Å². The second kappa shape index (κ2) is 19.6. The van der Waals surface area contributed by atoms with E-state index >= 15 is 0 Å². The second-order valence-corrected chi connectivity index (χ2v) is 20.9. The van der Waals surface area contributed by atoms with Gasteiger partial charge in [0.25, 0.3) is 23.6 Å². The smallest absolute Gasteiger partial charge is 0.266 e. The zero-order valence-corrected chi connectivity index (χ0v) is 43.4. The van der Waals surface area contributed by atoms with E-state index in [1.54, 1.807) is 60.7 Å². The summed E-state index contributed by atoms with van der Waals surface area (Å²) in [6.07, 6.45) is 0. The molecule has 77 heavy (non-hydrogen) atoms. The zero-order chi connectivity index (χ0) is 53.6. The Labute approximate surface area is 447 Å². The van der Waals surface area contributed by atoms with Crippen molar-refractivity contribution in [1.29, 1.82) is 0 Å². The number of hydrogen-bond acceptors (Lipinski definition) is 8. The van der Waals surface area contributed by atoms with Crippen LogP contribution >= 0.6 is 0 Å². The van der Waals surface area contributed by atoms with Crippen molar-refractivity contribution in [3.05, 3.63) is 268 Å². The Kier molecular flexibility index (Phi) is 12.7. The lowest BCUT2D eigenvalue weighted by Crippen LogP contribution is -2.29. The van der Waals surface area contributed by atoms with Crippen molar-refractivity contribution in [2.75, 3.05) is 4.90 Å². The van der Waals surface area contributed by atoms with Crippen LogP contribution in [0.1, 0.15) is 116 Å². The lowest BCUT2D eigenvalue weighted by atomic mass is 9.73. The van der Waals surface area contributed by atoms with Gasteiger partial charge in [-0.1, -0.05) is 133 Å². The van der Waals surface area contributed by atoms with Gasteiger partial charge in [-0.15, -0.1) is 0 Å². The predicted octanol–water partition coefficient (Wildman–Crippen LogP) is 15.5. The molecule has 0 atom stereocenters. The maximum Gasteiger partial charge on any atom is 0.266 e. The van der Waals surface area contributed by atoms with Gasteiger partial charge in [-0.25, -0.2) is 4.90 Å². The van der Waals surface area contributed by atoms with E-state index in [0.29, 0.717) is 56.9 Å². The summed E-state index contributed by atoms with van der Waals surface area (Å²) in [6.45, 7) is 13.2. The molecule has 1 N–H and O–H groups in total. The molecule has 9 aromatic rings. The lowest BCUT2D eigenvalue weighted by Gasteiger charge is -2.31. The SMILES string of the molecule is CC(C)(c1ccc(Oc2ccc3c(c2)C(=O)NC3=O)cc1)c1ccc(Oc2ccc3c(c2)C(=O)N(c2ccc(Oc4ccc(C(C)(C)c5cccc(C(C)(C)c6ccc(Oc7ccccc7)cc6)c5)cc4)cc2)C3=O)cc1. The van der Waals surface area contributed by atoms with Gasteiger partial charge in [0.1, 0.15) is 46.0 Å². The van der Waals surface area contributed by atoms with E-state index in [1.807, 2.05) is 103 Å². The highest BCUT2D eigenvalue weighted by Gasteiger charge is 2.37. The van der Waals surface area contributed by atoms with E-state index in [9.17, 15) is 19.2 Å². The maximum atomic E-state index is 13.8. The van der Waals surface area contributed by atoms with Crippen molar-refractivity contribution in [1.82, 2.24) is 5.32 Å². The molecular weight excluding hydrogens is 961 g/mol. The van der Waals surface area contributed by atoms with Crippen LogP contribution in [0.5, 0.6) is 46.0 Å². The van der Waals surface area contributed by atoms with Gasteiger partial charge in [0.05, 0.1) is 27.9 Å². The van der Waals surface area contributed by atoms with Crippen LogP contribution in [0, 0.1) is 0 Å². The molecule has 4 amide bonds. The van der Waals surface area contributed by atoms with Crippen molar-refractivity contribution < 1.29 is 38.1 Å². The molecule has 0 radical (unpaired) electrons. The fraction of sp³-hybridized carbons (Fsp3) is 0.134. The summed E-state index contributed by atoms with van der Waals surface area (Å²) >= 11 is 0. The number of anilines is 1. The van der Waals surface area contributed by atoms with Crippen LogP contribution in [0.2, 0.25) is 0 Å². The van der Waals surface area contributed by atoms with Crippen LogP contribution in [0.4, 0.5) is 5.69 Å². The van der Waals surface area contributed by atoms with Gasteiger partial charge < -0.3 is 18.9 Å².